The first-order valence-electron chi connectivity index (χ1n) is 17.4. The average molecular weight is 700 g/mol. The van der Waals surface area contributed by atoms with E-state index in [0.29, 0.717) is 13.0 Å². The van der Waals surface area contributed by atoms with Crippen LogP contribution in [0.15, 0.2) is 0 Å². The van der Waals surface area contributed by atoms with E-state index in [-0.39, 0.29) is 56.1 Å². The number of carbonyl (C=O) groups is 5. The second kappa shape index (κ2) is 18.0. The van der Waals surface area contributed by atoms with Gasteiger partial charge in [-0.05, 0) is 12.3 Å². The number of amides is 1. The molecule has 3 heterocycles. The van der Waals surface area contributed by atoms with Gasteiger partial charge in [-0.2, -0.15) is 0 Å². The van der Waals surface area contributed by atoms with E-state index in [2.05, 4.69) is 5.32 Å². The van der Waals surface area contributed by atoms with Crippen LogP contribution in [0, 0.1) is 29.1 Å². The lowest BCUT2D eigenvalue weighted by Crippen LogP contribution is -2.58. The number of Topliss-reactive ketones (excluding diaryl/α,β-unsaturated/α-hetero) is 1. The monoisotopic (exact) mass is 699 g/mol. The van der Waals surface area contributed by atoms with Gasteiger partial charge in [0.2, 0.25) is 5.91 Å². The van der Waals surface area contributed by atoms with E-state index in [1.54, 1.807) is 0 Å². The lowest BCUT2D eigenvalue weighted by Gasteiger charge is -2.46. The van der Waals surface area contributed by atoms with Crippen LogP contribution in [0.2, 0.25) is 0 Å². The summed E-state index contributed by atoms with van der Waals surface area (Å²) in [5.41, 5.74) is -0.458. The molecule has 0 aromatic heterocycles. The van der Waals surface area contributed by atoms with Crippen LogP contribution in [0.25, 0.3) is 0 Å². The summed E-state index contributed by atoms with van der Waals surface area (Å²) in [7, 11) is 0. The highest BCUT2D eigenvalue weighted by Gasteiger charge is 2.49. The number of hydrogen-bond donors (Lipinski definition) is 1. The molecule has 3 aliphatic heterocycles. The van der Waals surface area contributed by atoms with Crippen LogP contribution in [0.3, 0.4) is 0 Å². The van der Waals surface area contributed by atoms with Gasteiger partial charge in [0.15, 0.2) is 24.8 Å². The zero-order valence-electron chi connectivity index (χ0n) is 30.7. The highest BCUT2D eigenvalue weighted by atomic mass is 16.7. The molecule has 0 bridgehead atoms. The molecule has 14 nitrogen and oxygen atoms in total. The molecule has 280 valence electrons. The SMILES string of the molecule is CCC(C)(C)C(=O)CCNC(=O)CC1OCC(OC2OCC(OC3OCC(C)C(C)C3OC(C)=O)C(C)C2OC(C)=O)C(C)C1OC(C)=O. The van der Waals surface area contributed by atoms with Crippen LogP contribution < -0.4 is 5.32 Å². The molecule has 0 aromatic carbocycles. The van der Waals surface area contributed by atoms with Gasteiger partial charge in [0.05, 0.1) is 38.4 Å². The summed E-state index contributed by atoms with van der Waals surface area (Å²) >= 11 is 0. The Morgan fingerprint density at radius 1 is 0.694 bits per heavy atom. The van der Waals surface area contributed by atoms with Crippen molar-refractivity contribution in [3.8, 4) is 0 Å². The van der Waals surface area contributed by atoms with Gasteiger partial charge in [-0.1, -0.05) is 48.5 Å². The molecule has 12 unspecified atom stereocenters. The first-order valence-corrected chi connectivity index (χ1v) is 17.4. The molecule has 14 heteroatoms. The quantitative estimate of drug-likeness (QED) is 0.207. The summed E-state index contributed by atoms with van der Waals surface area (Å²) in [6.07, 6.45) is -5.33. The van der Waals surface area contributed by atoms with Gasteiger partial charge in [0, 0.05) is 56.9 Å². The second-order valence-corrected chi connectivity index (χ2v) is 14.4. The Kier molecular flexibility index (Phi) is 15.0. The average Bonchev–Trinajstić information content (AvgIpc) is 3.02. The molecule has 0 aromatic rings. The van der Waals surface area contributed by atoms with Crippen molar-refractivity contribution >= 4 is 29.6 Å². The predicted molar refractivity (Wildman–Crippen MR) is 174 cm³/mol. The molecular formula is C35H57NO13. The molecular weight excluding hydrogens is 642 g/mol. The molecule has 1 amide bonds. The van der Waals surface area contributed by atoms with Crippen molar-refractivity contribution in [1.29, 1.82) is 0 Å². The number of nitrogens with one attached hydrogen (secondary N) is 1. The van der Waals surface area contributed by atoms with Crippen molar-refractivity contribution in [2.24, 2.45) is 29.1 Å². The molecule has 0 spiro atoms. The van der Waals surface area contributed by atoms with Gasteiger partial charge in [-0.15, -0.1) is 0 Å². The third-order valence-electron chi connectivity index (χ3n) is 10.2. The lowest BCUT2D eigenvalue weighted by atomic mass is 9.84. The van der Waals surface area contributed by atoms with Gasteiger partial charge >= 0.3 is 17.9 Å². The van der Waals surface area contributed by atoms with Crippen LogP contribution in [0.1, 0.15) is 88.5 Å². The molecule has 0 aliphatic carbocycles. The Hall–Kier alpha value is -2.65. The summed E-state index contributed by atoms with van der Waals surface area (Å²) in [6, 6.07) is 0. The molecule has 12 atom stereocenters. The Bertz CT molecular complexity index is 1160. The molecule has 1 N–H and O–H groups in total. The molecule has 3 fully saturated rings. The van der Waals surface area contributed by atoms with E-state index in [9.17, 15) is 24.0 Å². The Labute approximate surface area is 289 Å². The molecule has 3 saturated heterocycles. The largest absolute Gasteiger partial charge is 0.459 e. The summed E-state index contributed by atoms with van der Waals surface area (Å²) < 4.78 is 47.6. The molecule has 3 aliphatic rings. The van der Waals surface area contributed by atoms with Crippen LogP contribution in [0.5, 0.6) is 0 Å². The first kappa shape index (κ1) is 40.8. The highest BCUT2D eigenvalue weighted by Crippen LogP contribution is 2.36. The van der Waals surface area contributed by atoms with Gasteiger partial charge in [0.1, 0.15) is 18.0 Å². The van der Waals surface area contributed by atoms with E-state index in [1.165, 1.54) is 20.8 Å². The molecule has 0 radical (unpaired) electrons. The van der Waals surface area contributed by atoms with Crippen LogP contribution in [-0.2, 0) is 61.9 Å². The topological polar surface area (TPSA) is 171 Å². The number of carbonyl (C=O) groups excluding carboxylic acids is 5. The fourth-order valence-corrected chi connectivity index (χ4v) is 6.25. The zero-order chi connectivity index (χ0) is 36.6. The third kappa shape index (κ3) is 11.2. The fraction of sp³-hybridized carbons (Fsp3) is 0.857. The van der Waals surface area contributed by atoms with Crippen molar-refractivity contribution in [2.75, 3.05) is 26.4 Å². The van der Waals surface area contributed by atoms with Crippen LogP contribution in [-0.4, -0.2) is 105 Å². The smallest absolute Gasteiger partial charge is 0.303 e. The van der Waals surface area contributed by atoms with Gasteiger partial charge in [-0.3, -0.25) is 24.0 Å². The minimum Gasteiger partial charge on any atom is -0.459 e. The van der Waals surface area contributed by atoms with E-state index in [4.69, 9.17) is 37.9 Å². The number of ketones is 1. The van der Waals surface area contributed by atoms with Crippen molar-refractivity contribution in [3.05, 3.63) is 0 Å². The normalized spacial score (nSPS) is 35.1. The second-order valence-electron chi connectivity index (χ2n) is 14.4. The molecule has 49 heavy (non-hydrogen) atoms. The minimum absolute atomic E-state index is 0.0157. The summed E-state index contributed by atoms with van der Waals surface area (Å²) in [5.74, 6) is -2.51. The summed E-state index contributed by atoms with van der Waals surface area (Å²) in [6.45, 7) is 18.0. The lowest BCUT2D eigenvalue weighted by molar-refractivity contribution is -0.326. The van der Waals surface area contributed by atoms with Gasteiger partial charge < -0.3 is 43.2 Å². The van der Waals surface area contributed by atoms with Gasteiger partial charge in [-0.25, -0.2) is 0 Å². The number of rotatable bonds is 14. The van der Waals surface area contributed by atoms with Crippen molar-refractivity contribution in [2.45, 2.75) is 138 Å². The van der Waals surface area contributed by atoms with E-state index in [0.717, 1.165) is 0 Å². The van der Waals surface area contributed by atoms with E-state index < -0.39 is 84.4 Å². The minimum atomic E-state index is -1.01. The van der Waals surface area contributed by atoms with Crippen LogP contribution >= 0.6 is 0 Å². The third-order valence-corrected chi connectivity index (χ3v) is 10.2. The van der Waals surface area contributed by atoms with E-state index in [1.807, 2.05) is 48.5 Å². The fourth-order valence-electron chi connectivity index (χ4n) is 6.25. The van der Waals surface area contributed by atoms with Crippen LogP contribution in [0.4, 0.5) is 0 Å². The highest BCUT2D eigenvalue weighted by molar-refractivity contribution is 5.85. The van der Waals surface area contributed by atoms with Crippen molar-refractivity contribution in [3.63, 3.8) is 0 Å². The Morgan fingerprint density at radius 3 is 1.69 bits per heavy atom. The van der Waals surface area contributed by atoms with E-state index >= 15 is 0 Å². The van der Waals surface area contributed by atoms with Crippen molar-refractivity contribution < 1.29 is 61.9 Å². The summed E-state index contributed by atoms with van der Waals surface area (Å²) in [4.78, 5) is 61.4. The summed E-state index contributed by atoms with van der Waals surface area (Å²) in [5, 5.41) is 2.78. The molecule has 3 rings (SSSR count). The van der Waals surface area contributed by atoms with Crippen molar-refractivity contribution in [1.82, 2.24) is 5.32 Å². The maximum atomic E-state index is 12.8. The maximum Gasteiger partial charge on any atom is 0.303 e. The molecule has 0 saturated carbocycles. The number of ether oxygens (including phenoxy) is 8. The number of esters is 3. The standard InChI is InChI=1S/C35H57NO13/c1-11-35(9,10)28(40)12-13-36-29(41)14-25-30(45-22(6)37)20(4)26(16-42-25)48-34-32(47-24(8)39)21(5)27(17-44-34)49-33-31(46-23(7)38)19(3)18(2)15-43-33/h18-21,25-27,30-34H,11-17H2,1-10H3,(H,36,41). The van der Waals surface area contributed by atoms with Gasteiger partial charge in [0.25, 0.3) is 0 Å². The number of hydrogen-bond acceptors (Lipinski definition) is 13. The Balaban J connectivity index is 1.66. The maximum absolute atomic E-state index is 12.8. The zero-order valence-corrected chi connectivity index (χ0v) is 30.7. The predicted octanol–water partition coefficient (Wildman–Crippen LogP) is 3.11. The Morgan fingerprint density at radius 2 is 1.16 bits per heavy atom. The first-order chi connectivity index (χ1) is 22.9.